The normalized spacial score (nSPS) is 24.1. The number of halogens is 1. The number of anilines is 2. The van der Waals surface area contributed by atoms with Crippen LogP contribution in [-0.4, -0.2) is 133 Å². The Bertz CT molecular complexity index is 3000. The van der Waals surface area contributed by atoms with Crippen LogP contribution in [0.5, 0.6) is 5.75 Å². The molecule has 3 aromatic rings. The number of Topliss-reactive ketones (excluding diaryl/α,β-unsaturated/α-hetero) is 2. The van der Waals surface area contributed by atoms with Gasteiger partial charge in [0.25, 0.3) is 0 Å². The van der Waals surface area contributed by atoms with Crippen molar-refractivity contribution < 1.29 is 67.1 Å². The van der Waals surface area contributed by atoms with E-state index in [0.717, 1.165) is 36.8 Å². The lowest BCUT2D eigenvalue weighted by Crippen LogP contribution is -2.53. The molecule has 2 fully saturated rings. The van der Waals surface area contributed by atoms with Crippen molar-refractivity contribution in [3.8, 4) is 5.75 Å². The van der Waals surface area contributed by atoms with Crippen molar-refractivity contribution in [1.82, 2.24) is 20.9 Å². The number of methoxy groups -OCH3 is 2. The van der Waals surface area contributed by atoms with Gasteiger partial charge in [-0.15, -0.1) is 0 Å². The van der Waals surface area contributed by atoms with Crippen LogP contribution in [0.4, 0.5) is 21.0 Å². The second-order valence-electron chi connectivity index (χ2n) is 23.6. The highest BCUT2D eigenvalue weighted by molar-refractivity contribution is 6.35. The molecule has 4 heterocycles. The number of nitrogens with zero attached hydrogens (tertiary/aromatic N) is 2. The number of hydrogen-bond acceptors (Lipinski definition) is 15. The summed E-state index contributed by atoms with van der Waals surface area (Å²) in [6, 6.07) is 8.44. The van der Waals surface area contributed by atoms with Gasteiger partial charge in [0.05, 0.1) is 49.0 Å². The summed E-state index contributed by atoms with van der Waals surface area (Å²) in [5.74, 6) is -3.19. The molecular weight excluding hydrogens is 1130 g/mol. The third kappa shape index (κ3) is 17.8. The molecule has 470 valence electrons. The molecular formula is C64H88ClN7O14. The van der Waals surface area contributed by atoms with Crippen molar-refractivity contribution in [3.63, 3.8) is 0 Å². The maximum absolute atomic E-state index is 14.6. The summed E-state index contributed by atoms with van der Waals surface area (Å²) in [6.07, 6.45) is 5.95. The first-order valence-corrected chi connectivity index (χ1v) is 30.3. The minimum Gasteiger partial charge on any atom is -0.495 e. The summed E-state index contributed by atoms with van der Waals surface area (Å²) < 4.78 is 29.9. The number of ether oxygens (including phenoxy) is 5. The topological polar surface area (TPSA) is 297 Å². The summed E-state index contributed by atoms with van der Waals surface area (Å²) in [5, 5.41) is 24.0. The number of fused-ring (bicyclic) bond motifs is 6. The zero-order valence-corrected chi connectivity index (χ0v) is 52.1. The second-order valence-corrected chi connectivity index (χ2v) is 24.0. The van der Waals surface area contributed by atoms with Crippen LogP contribution in [0.2, 0.25) is 5.02 Å². The quantitative estimate of drug-likeness (QED) is 0.0263. The van der Waals surface area contributed by atoms with Gasteiger partial charge in [-0.25, -0.2) is 9.59 Å². The Morgan fingerprint density at radius 2 is 1.72 bits per heavy atom. The fourth-order valence-electron chi connectivity index (χ4n) is 11.7. The highest BCUT2D eigenvalue weighted by Gasteiger charge is 2.64. The summed E-state index contributed by atoms with van der Waals surface area (Å²) in [7, 11) is 4.48. The number of urea groups is 1. The van der Waals surface area contributed by atoms with E-state index in [2.05, 4.69) is 26.3 Å². The van der Waals surface area contributed by atoms with Gasteiger partial charge in [-0.05, 0) is 100 Å². The predicted molar refractivity (Wildman–Crippen MR) is 327 cm³/mol. The summed E-state index contributed by atoms with van der Waals surface area (Å²) in [4.78, 5) is 114. The van der Waals surface area contributed by atoms with E-state index < -0.39 is 89.8 Å². The van der Waals surface area contributed by atoms with Crippen molar-refractivity contribution in [1.29, 1.82) is 0 Å². The Morgan fingerprint density at radius 1 is 0.988 bits per heavy atom. The van der Waals surface area contributed by atoms with Gasteiger partial charge in [0, 0.05) is 82.3 Å². The van der Waals surface area contributed by atoms with Crippen molar-refractivity contribution in [2.75, 3.05) is 44.6 Å². The van der Waals surface area contributed by atoms with E-state index in [1.807, 2.05) is 40.7 Å². The second kappa shape index (κ2) is 31.1. The lowest BCUT2D eigenvalue weighted by molar-refractivity contribution is -0.187. The van der Waals surface area contributed by atoms with E-state index in [-0.39, 0.29) is 85.1 Å². The van der Waals surface area contributed by atoms with Gasteiger partial charge >= 0.3 is 18.1 Å². The highest BCUT2D eigenvalue weighted by atomic mass is 35.5. The summed E-state index contributed by atoms with van der Waals surface area (Å²) in [6.45, 7) is 13.8. The molecule has 6 amide bonds. The number of pyridine rings is 1. The third-order valence-corrected chi connectivity index (χ3v) is 17.3. The fraction of sp³-hybridized carbons (Fsp3) is 0.578. The van der Waals surface area contributed by atoms with Crippen LogP contribution in [0.15, 0.2) is 66.4 Å². The van der Waals surface area contributed by atoms with Crippen molar-refractivity contribution in [2.24, 2.45) is 29.4 Å². The number of rotatable bonds is 25. The Kier molecular flexibility index (Phi) is 24.7. The number of nitrogens with one attached hydrogen (secondary N) is 4. The fourth-order valence-corrected chi connectivity index (χ4v) is 12.0. The number of primary amides is 1. The number of benzene rings is 2. The highest BCUT2D eigenvalue weighted by Crippen LogP contribution is 2.50. The van der Waals surface area contributed by atoms with Gasteiger partial charge < -0.3 is 55.4 Å². The maximum Gasteiger partial charge on any atom is 0.412 e. The van der Waals surface area contributed by atoms with Crippen LogP contribution in [0.3, 0.4) is 0 Å². The van der Waals surface area contributed by atoms with E-state index >= 15 is 0 Å². The van der Waals surface area contributed by atoms with Crippen LogP contribution in [0.25, 0.3) is 10.9 Å². The number of nitrogens with two attached hydrogens (primary N) is 1. The predicted octanol–water partition coefficient (Wildman–Crippen LogP) is 8.56. The van der Waals surface area contributed by atoms with Gasteiger partial charge in [0.15, 0.2) is 5.78 Å². The van der Waals surface area contributed by atoms with Gasteiger partial charge in [0.2, 0.25) is 17.7 Å². The zero-order valence-electron chi connectivity index (χ0n) is 51.4. The van der Waals surface area contributed by atoms with Crippen LogP contribution in [-0.2, 0) is 60.6 Å². The lowest BCUT2D eigenvalue weighted by Gasteiger charge is -2.41. The van der Waals surface area contributed by atoms with Crippen molar-refractivity contribution >= 4 is 81.3 Å². The molecule has 0 unspecified atom stereocenters. The molecule has 21 nitrogen and oxygen atoms in total. The third-order valence-electron chi connectivity index (χ3n) is 17.0. The average Bonchev–Trinajstić information content (AvgIpc) is 1.58. The number of carbonyl (C=O) groups excluding carboxylic acids is 8. The Labute approximate surface area is 509 Å². The molecule has 2 aromatic carbocycles. The smallest absolute Gasteiger partial charge is 0.412 e. The number of unbranched alkanes of at least 4 members (excludes halogenated alkanes) is 2. The molecule has 4 bridgehead atoms. The standard InChI is InChI=1S/C64H88ClN7O14/c1-11-41(12-2)59(77)68-26-15-13-14-20-43(73)33-45(37(3)4)60(78)70-46(22-18-28-69-61(66)79)49(74)32-42-24-25-47(57-44(42)21-17-27-67-57)71-62(80)85-53-34-54(75)72(8)48-30-40(31-50(82-9)56(48)65)29-38(5)19-16-23-52(83-10)64(81)35-51(84-55(76)36-64)39(6)58-63(53,7)86-58/h16-17,19,21,23-25,27,30-31,37,39,41,45-46,51-53,58,81H,11-15,18,20,22,26,28-29,32-36H2,1-10H3,(H,68,77)(H,70,78)(H,71,80)(H3,66,69,79)/b23-16+,38-19+/t39-,45+,46+,51+,52-,53+,58+,63+,64-/m1/s1. The van der Waals surface area contributed by atoms with Gasteiger partial charge in [-0.2, -0.15) is 0 Å². The summed E-state index contributed by atoms with van der Waals surface area (Å²) >= 11 is 6.88. The van der Waals surface area contributed by atoms with Crippen LogP contribution < -0.4 is 36.6 Å². The number of aliphatic hydroxyl groups is 1. The van der Waals surface area contributed by atoms with Gasteiger partial charge in [-0.1, -0.05) is 88.6 Å². The van der Waals surface area contributed by atoms with E-state index in [9.17, 15) is 43.5 Å². The van der Waals surface area contributed by atoms with Gasteiger partial charge in [0.1, 0.15) is 46.1 Å². The molecule has 6 rings (SSSR count). The average molecular weight is 1210 g/mol. The first-order valence-electron chi connectivity index (χ1n) is 30.0. The van der Waals surface area contributed by atoms with E-state index in [1.165, 1.54) is 25.3 Å². The molecule has 0 radical (unpaired) electrons. The Morgan fingerprint density at radius 3 is 2.41 bits per heavy atom. The van der Waals surface area contributed by atoms with Crippen molar-refractivity contribution in [2.45, 2.75) is 180 Å². The number of amides is 6. The summed E-state index contributed by atoms with van der Waals surface area (Å²) in [5.41, 5.74) is 5.40. The number of esters is 1. The zero-order chi connectivity index (χ0) is 63.0. The minimum atomic E-state index is -1.65. The number of ketones is 2. The van der Waals surface area contributed by atoms with Crippen LogP contribution >= 0.6 is 11.6 Å². The molecule has 0 saturated carbocycles. The largest absolute Gasteiger partial charge is 0.495 e. The number of epoxide rings is 1. The molecule has 7 N–H and O–H groups in total. The Balaban J connectivity index is 1.21. The van der Waals surface area contributed by atoms with E-state index in [1.54, 1.807) is 69.4 Å². The monoisotopic (exact) mass is 1210 g/mol. The van der Waals surface area contributed by atoms with Crippen LogP contribution in [0.1, 0.15) is 137 Å². The molecule has 3 aliphatic rings. The Hall–Kier alpha value is -6.94. The molecule has 22 heteroatoms. The first kappa shape index (κ1) is 68.2. The molecule has 1 aromatic heterocycles. The number of hydrogen-bond donors (Lipinski definition) is 6. The molecule has 0 aliphatic carbocycles. The SMILES string of the molecule is CCC(CC)C(=O)NCCCCCC(=O)C[C@H](C(=O)N[C@@H](CCCNC(N)=O)C(=O)Cc1ccc(NC(=O)O[C@H]2CC(=O)N(C)c3cc(cc(OC)c3Cl)C/C(C)=C/C=C/[C@@H](OC)[C@]3(O)CC(=O)O[C@@H](C3)[C@@H](C)[C@@H]3O[C@@]23C)c2ncccc12)C(C)C. The molecule has 0 spiro atoms. The molecule has 9 atom stereocenters. The molecule has 2 saturated heterocycles. The maximum atomic E-state index is 14.6. The number of aromatic nitrogens is 1. The van der Waals surface area contributed by atoms with E-state index in [0.29, 0.717) is 53.7 Å². The molecule has 86 heavy (non-hydrogen) atoms. The minimum absolute atomic E-state index is 0.00365. The number of allylic oxidation sites excluding steroid dienone is 3. The van der Waals surface area contributed by atoms with Crippen molar-refractivity contribution in [3.05, 3.63) is 82.5 Å². The molecule has 3 aliphatic heterocycles. The van der Waals surface area contributed by atoms with Crippen LogP contribution in [0, 0.1) is 23.7 Å². The number of carbonyl (C=O) groups is 8. The first-order chi connectivity index (χ1) is 40.9. The van der Waals surface area contributed by atoms with Gasteiger partial charge in [-0.3, -0.25) is 39.1 Å². The van der Waals surface area contributed by atoms with E-state index in [4.69, 9.17) is 41.0 Å². The lowest BCUT2D eigenvalue weighted by atomic mass is 9.78.